The van der Waals surface area contributed by atoms with E-state index in [9.17, 15) is 5.11 Å². The predicted octanol–water partition coefficient (Wildman–Crippen LogP) is 1.23. The summed E-state index contributed by atoms with van der Waals surface area (Å²) in [6, 6.07) is 6.24. The van der Waals surface area contributed by atoms with Crippen molar-refractivity contribution in [2.75, 3.05) is 33.2 Å². The van der Waals surface area contributed by atoms with E-state index in [0.717, 1.165) is 38.3 Å². The van der Waals surface area contributed by atoms with Gasteiger partial charge in [-0.3, -0.25) is 4.90 Å². The molecule has 1 N–H and O–H groups in total. The SMILES string of the molecule is Cc1ccc(CO)cc1CN1CCN(C)CC1. The molecule has 2 rings (SSSR count). The van der Waals surface area contributed by atoms with E-state index in [4.69, 9.17) is 0 Å². The highest BCUT2D eigenvalue weighted by Gasteiger charge is 2.14. The molecule has 0 aromatic heterocycles. The van der Waals surface area contributed by atoms with Gasteiger partial charge < -0.3 is 10.0 Å². The van der Waals surface area contributed by atoms with Gasteiger partial charge in [0.2, 0.25) is 0 Å². The summed E-state index contributed by atoms with van der Waals surface area (Å²) < 4.78 is 0. The fourth-order valence-corrected chi connectivity index (χ4v) is 2.24. The van der Waals surface area contributed by atoms with Crippen molar-refractivity contribution in [3.05, 3.63) is 34.9 Å². The van der Waals surface area contributed by atoms with Gasteiger partial charge in [-0.15, -0.1) is 0 Å². The topological polar surface area (TPSA) is 26.7 Å². The number of aliphatic hydroxyl groups excluding tert-OH is 1. The Morgan fingerprint density at radius 3 is 2.53 bits per heavy atom. The second-order valence-electron chi connectivity index (χ2n) is 5.00. The Bertz CT molecular complexity index is 370. The van der Waals surface area contributed by atoms with Crippen LogP contribution >= 0.6 is 0 Å². The van der Waals surface area contributed by atoms with Crippen molar-refractivity contribution in [1.82, 2.24) is 9.80 Å². The van der Waals surface area contributed by atoms with Gasteiger partial charge in [0.1, 0.15) is 0 Å². The molecule has 3 heteroatoms. The fraction of sp³-hybridized carbons (Fsp3) is 0.571. The molecular weight excluding hydrogens is 212 g/mol. The Kier molecular flexibility index (Phi) is 4.15. The second kappa shape index (κ2) is 5.63. The quantitative estimate of drug-likeness (QED) is 0.852. The number of benzene rings is 1. The third-order valence-corrected chi connectivity index (χ3v) is 3.59. The summed E-state index contributed by atoms with van der Waals surface area (Å²) in [6.07, 6.45) is 0. The Morgan fingerprint density at radius 2 is 1.88 bits per heavy atom. The largest absolute Gasteiger partial charge is 0.392 e. The summed E-state index contributed by atoms with van der Waals surface area (Å²) in [5, 5.41) is 9.17. The van der Waals surface area contributed by atoms with E-state index in [1.54, 1.807) is 0 Å². The maximum Gasteiger partial charge on any atom is 0.0681 e. The van der Waals surface area contributed by atoms with E-state index >= 15 is 0 Å². The van der Waals surface area contributed by atoms with E-state index in [1.165, 1.54) is 11.1 Å². The first-order valence-corrected chi connectivity index (χ1v) is 6.29. The van der Waals surface area contributed by atoms with Crippen LogP contribution in [0.5, 0.6) is 0 Å². The first kappa shape index (κ1) is 12.6. The van der Waals surface area contributed by atoms with Crippen molar-refractivity contribution in [2.45, 2.75) is 20.1 Å². The lowest BCUT2D eigenvalue weighted by molar-refractivity contribution is 0.148. The second-order valence-corrected chi connectivity index (χ2v) is 5.00. The fourth-order valence-electron chi connectivity index (χ4n) is 2.24. The number of aliphatic hydroxyl groups is 1. The average Bonchev–Trinajstić information content (AvgIpc) is 2.35. The molecule has 0 amide bonds. The molecule has 1 fully saturated rings. The molecule has 1 aromatic rings. The maximum atomic E-state index is 9.17. The zero-order valence-corrected chi connectivity index (χ0v) is 10.8. The first-order chi connectivity index (χ1) is 8.19. The molecule has 0 saturated carbocycles. The van der Waals surface area contributed by atoms with Crippen molar-refractivity contribution in [1.29, 1.82) is 0 Å². The number of piperazine rings is 1. The number of likely N-dealkylation sites (N-methyl/N-ethyl adjacent to an activating group) is 1. The van der Waals surface area contributed by atoms with Gasteiger partial charge >= 0.3 is 0 Å². The van der Waals surface area contributed by atoms with Crippen molar-refractivity contribution < 1.29 is 5.11 Å². The van der Waals surface area contributed by atoms with Crippen LogP contribution in [0.2, 0.25) is 0 Å². The van der Waals surface area contributed by atoms with Gasteiger partial charge in [0.15, 0.2) is 0 Å². The summed E-state index contributed by atoms with van der Waals surface area (Å²) in [5.41, 5.74) is 3.68. The Hall–Kier alpha value is -0.900. The van der Waals surface area contributed by atoms with Crippen molar-refractivity contribution in [3.63, 3.8) is 0 Å². The summed E-state index contributed by atoms with van der Waals surface area (Å²) in [6.45, 7) is 7.87. The Balaban J connectivity index is 2.02. The van der Waals surface area contributed by atoms with E-state index in [1.807, 2.05) is 6.07 Å². The molecule has 1 aliphatic heterocycles. The molecule has 0 unspecified atom stereocenters. The normalized spacial score (nSPS) is 18.5. The number of nitrogens with zero attached hydrogens (tertiary/aromatic N) is 2. The smallest absolute Gasteiger partial charge is 0.0681 e. The van der Waals surface area contributed by atoms with Crippen LogP contribution in [0.4, 0.5) is 0 Å². The molecule has 0 spiro atoms. The number of aryl methyl sites for hydroxylation is 1. The zero-order valence-electron chi connectivity index (χ0n) is 10.8. The van der Waals surface area contributed by atoms with Crippen molar-refractivity contribution in [3.8, 4) is 0 Å². The van der Waals surface area contributed by atoms with Crippen LogP contribution in [0.25, 0.3) is 0 Å². The molecular formula is C14H22N2O. The summed E-state index contributed by atoms with van der Waals surface area (Å²) in [5.74, 6) is 0. The standard InChI is InChI=1S/C14H22N2O/c1-12-3-4-13(11-17)9-14(12)10-16-7-5-15(2)6-8-16/h3-4,9,17H,5-8,10-11H2,1-2H3. The molecule has 0 radical (unpaired) electrons. The zero-order chi connectivity index (χ0) is 12.3. The van der Waals surface area contributed by atoms with Gasteiger partial charge in [-0.2, -0.15) is 0 Å². The van der Waals surface area contributed by atoms with Gasteiger partial charge in [-0.25, -0.2) is 0 Å². The molecule has 0 bridgehead atoms. The molecule has 0 atom stereocenters. The minimum Gasteiger partial charge on any atom is -0.392 e. The minimum atomic E-state index is 0.135. The van der Waals surface area contributed by atoms with E-state index in [2.05, 4.69) is 35.9 Å². The van der Waals surface area contributed by atoms with E-state index in [-0.39, 0.29) is 6.61 Å². The van der Waals surface area contributed by atoms with Crippen LogP contribution in [-0.4, -0.2) is 48.1 Å². The minimum absolute atomic E-state index is 0.135. The monoisotopic (exact) mass is 234 g/mol. The summed E-state index contributed by atoms with van der Waals surface area (Å²) in [7, 11) is 2.18. The third-order valence-electron chi connectivity index (χ3n) is 3.59. The van der Waals surface area contributed by atoms with Crippen LogP contribution in [0.15, 0.2) is 18.2 Å². The molecule has 3 nitrogen and oxygen atoms in total. The average molecular weight is 234 g/mol. The van der Waals surface area contributed by atoms with Crippen LogP contribution in [-0.2, 0) is 13.2 Å². The molecule has 1 saturated heterocycles. The molecule has 1 aliphatic rings. The first-order valence-electron chi connectivity index (χ1n) is 6.29. The summed E-state index contributed by atoms with van der Waals surface area (Å²) >= 11 is 0. The number of rotatable bonds is 3. The lowest BCUT2D eigenvalue weighted by atomic mass is 10.0. The highest BCUT2D eigenvalue weighted by molar-refractivity contribution is 5.30. The van der Waals surface area contributed by atoms with Gasteiger partial charge in [0.05, 0.1) is 6.61 Å². The molecule has 17 heavy (non-hydrogen) atoms. The molecule has 1 aromatic carbocycles. The highest BCUT2D eigenvalue weighted by atomic mass is 16.3. The van der Waals surface area contributed by atoms with Gasteiger partial charge in [0.25, 0.3) is 0 Å². The van der Waals surface area contributed by atoms with Crippen LogP contribution in [0.3, 0.4) is 0 Å². The molecule has 0 aliphatic carbocycles. The lowest BCUT2D eigenvalue weighted by Crippen LogP contribution is -2.43. The van der Waals surface area contributed by atoms with Crippen LogP contribution in [0.1, 0.15) is 16.7 Å². The van der Waals surface area contributed by atoms with Gasteiger partial charge in [-0.05, 0) is 30.7 Å². The van der Waals surface area contributed by atoms with Crippen molar-refractivity contribution >= 4 is 0 Å². The van der Waals surface area contributed by atoms with Gasteiger partial charge in [-0.1, -0.05) is 18.2 Å². The predicted molar refractivity (Wildman–Crippen MR) is 69.9 cm³/mol. The van der Waals surface area contributed by atoms with E-state index < -0.39 is 0 Å². The molecule has 94 valence electrons. The third kappa shape index (κ3) is 3.28. The van der Waals surface area contributed by atoms with Crippen LogP contribution in [0, 0.1) is 6.92 Å². The number of hydrogen-bond donors (Lipinski definition) is 1. The Morgan fingerprint density at radius 1 is 1.18 bits per heavy atom. The van der Waals surface area contributed by atoms with E-state index in [0.29, 0.717) is 0 Å². The Labute approximate surface area is 104 Å². The maximum absolute atomic E-state index is 9.17. The van der Waals surface area contributed by atoms with Crippen molar-refractivity contribution in [2.24, 2.45) is 0 Å². The number of hydrogen-bond acceptors (Lipinski definition) is 3. The van der Waals surface area contributed by atoms with Gasteiger partial charge in [0, 0.05) is 32.7 Å². The highest BCUT2D eigenvalue weighted by Crippen LogP contribution is 2.15. The lowest BCUT2D eigenvalue weighted by Gasteiger charge is -2.32. The van der Waals surface area contributed by atoms with Crippen LogP contribution < -0.4 is 0 Å². The summed E-state index contributed by atoms with van der Waals surface area (Å²) in [4.78, 5) is 4.86. The molecule has 1 heterocycles.